The lowest BCUT2D eigenvalue weighted by atomic mass is 10.1. The number of anilines is 3. The molecular weight excluding hydrogens is 412 g/mol. The first-order valence-corrected chi connectivity index (χ1v) is 11.1. The van der Waals surface area contributed by atoms with Crippen molar-refractivity contribution in [2.45, 2.75) is 37.9 Å². The molecule has 0 radical (unpaired) electrons. The summed E-state index contributed by atoms with van der Waals surface area (Å²) < 4.78 is 1.53. The van der Waals surface area contributed by atoms with E-state index < -0.39 is 6.04 Å². The lowest BCUT2D eigenvalue weighted by Crippen LogP contribution is -2.37. The van der Waals surface area contributed by atoms with Crippen LogP contribution in [0.15, 0.2) is 52.4 Å². The molecule has 31 heavy (non-hydrogen) atoms. The number of benzene rings is 1. The van der Waals surface area contributed by atoms with Crippen molar-refractivity contribution >= 4 is 35.0 Å². The van der Waals surface area contributed by atoms with Crippen LogP contribution in [-0.4, -0.2) is 26.2 Å². The van der Waals surface area contributed by atoms with Gasteiger partial charge in [-0.05, 0) is 36.6 Å². The van der Waals surface area contributed by atoms with Crippen molar-refractivity contribution in [2.75, 3.05) is 16.8 Å². The number of aryl methyl sites for hydroxylation is 2. The fraction of sp³-hybridized carbons (Fsp3) is 0.273. The maximum Gasteiger partial charge on any atom is 0.295 e. The summed E-state index contributed by atoms with van der Waals surface area (Å²) in [6, 6.07) is 10.7. The van der Waals surface area contributed by atoms with E-state index in [0.717, 1.165) is 28.9 Å². The molecular formula is C22H24N6O2S. The van der Waals surface area contributed by atoms with Crippen LogP contribution in [0.5, 0.6) is 0 Å². The van der Waals surface area contributed by atoms with Gasteiger partial charge in [0.2, 0.25) is 5.91 Å². The summed E-state index contributed by atoms with van der Waals surface area (Å²) in [5.74, 6) is 0.924. The number of hydrogen-bond donors (Lipinski definition) is 3. The summed E-state index contributed by atoms with van der Waals surface area (Å²) in [6.07, 6.45) is 2.47. The summed E-state index contributed by atoms with van der Waals surface area (Å²) in [7, 11) is 0. The third-order valence-corrected chi connectivity index (χ3v) is 6.37. The van der Waals surface area contributed by atoms with Crippen LogP contribution < -0.4 is 21.9 Å². The highest BCUT2D eigenvalue weighted by Crippen LogP contribution is 2.32. The van der Waals surface area contributed by atoms with Crippen LogP contribution in [0.4, 0.5) is 17.3 Å². The van der Waals surface area contributed by atoms with Crippen molar-refractivity contribution in [1.82, 2.24) is 19.9 Å². The van der Waals surface area contributed by atoms with Gasteiger partial charge >= 0.3 is 0 Å². The molecule has 160 valence electrons. The Bertz CT molecular complexity index is 1190. The summed E-state index contributed by atoms with van der Waals surface area (Å²) in [6.45, 7) is 4.23. The van der Waals surface area contributed by atoms with Crippen molar-refractivity contribution in [3.63, 3.8) is 0 Å². The zero-order valence-corrected chi connectivity index (χ0v) is 18.2. The number of rotatable bonds is 6. The average Bonchev–Trinajstić information content (AvgIpc) is 3.20. The minimum atomic E-state index is -0.598. The Labute approximate surface area is 184 Å². The Hall–Kier alpha value is -3.33. The Morgan fingerprint density at radius 1 is 1.26 bits per heavy atom. The number of fused-ring (bicyclic) bond motifs is 1. The Morgan fingerprint density at radius 2 is 2.06 bits per heavy atom. The number of pyridine rings is 1. The molecule has 9 heteroatoms. The molecule has 0 saturated carbocycles. The molecule has 4 N–H and O–H groups in total. The molecule has 0 unspecified atom stereocenters. The smallest absolute Gasteiger partial charge is 0.295 e. The molecule has 8 nitrogen and oxygen atoms in total. The third kappa shape index (κ3) is 4.27. The first kappa shape index (κ1) is 20.9. The van der Waals surface area contributed by atoms with E-state index in [1.54, 1.807) is 12.3 Å². The molecule has 0 bridgehead atoms. The number of nitrogen functional groups attached to an aromatic ring is 1. The zero-order valence-electron chi connectivity index (χ0n) is 17.4. The van der Waals surface area contributed by atoms with Crippen LogP contribution in [0.25, 0.3) is 0 Å². The number of nitrogens with zero attached hydrogens (tertiary/aromatic N) is 3. The van der Waals surface area contributed by atoms with Crippen LogP contribution in [0.3, 0.4) is 0 Å². The van der Waals surface area contributed by atoms with Crippen LogP contribution in [0, 0.1) is 6.92 Å². The number of amides is 1. The Balaban J connectivity index is 1.55. The van der Waals surface area contributed by atoms with Crippen molar-refractivity contribution in [1.29, 1.82) is 0 Å². The SMILES string of the molecule is CCc1ccccc1Nc1ncc2n(c1=O)[C@@H](C(=O)NCc1ccc(N)nc1C)CS2. The van der Waals surface area contributed by atoms with Gasteiger partial charge in [-0.2, -0.15) is 0 Å². The van der Waals surface area contributed by atoms with Crippen LogP contribution in [0.1, 0.15) is 29.8 Å². The quantitative estimate of drug-likeness (QED) is 0.544. The standard InChI is InChI=1S/C22H24N6O2S/c1-3-14-6-4-5-7-16(14)27-20-22(30)28-17(12-31-19(28)11-24-20)21(29)25-10-15-8-9-18(23)26-13(15)2/h4-9,11,17H,3,10,12H2,1-2H3,(H2,23,26)(H,24,27)(H,25,29)/t17-/m1/s1. The normalized spacial score (nSPS) is 14.8. The Kier molecular flexibility index (Phi) is 5.94. The number of hydrogen-bond acceptors (Lipinski definition) is 7. The number of thioether (sulfide) groups is 1. The first-order chi connectivity index (χ1) is 15.0. The van der Waals surface area contributed by atoms with Gasteiger partial charge in [-0.15, -0.1) is 11.8 Å². The molecule has 1 atom stereocenters. The molecule has 0 aliphatic carbocycles. The number of aromatic nitrogens is 3. The van der Waals surface area contributed by atoms with E-state index in [0.29, 0.717) is 23.1 Å². The van der Waals surface area contributed by atoms with Gasteiger partial charge in [0.15, 0.2) is 5.82 Å². The van der Waals surface area contributed by atoms with Crippen molar-refractivity contribution in [2.24, 2.45) is 0 Å². The molecule has 0 saturated heterocycles. The predicted molar refractivity (Wildman–Crippen MR) is 123 cm³/mol. The van der Waals surface area contributed by atoms with Crippen LogP contribution in [-0.2, 0) is 17.8 Å². The van der Waals surface area contributed by atoms with E-state index in [2.05, 4.69) is 27.5 Å². The van der Waals surface area contributed by atoms with Crippen LogP contribution >= 0.6 is 11.8 Å². The second-order valence-electron chi connectivity index (χ2n) is 7.28. The van der Waals surface area contributed by atoms with Gasteiger partial charge in [-0.1, -0.05) is 31.2 Å². The van der Waals surface area contributed by atoms with Crippen LogP contribution in [0.2, 0.25) is 0 Å². The van der Waals surface area contributed by atoms with Gasteiger partial charge in [0.25, 0.3) is 5.56 Å². The largest absolute Gasteiger partial charge is 0.384 e. The summed E-state index contributed by atoms with van der Waals surface area (Å²) >= 11 is 1.45. The molecule has 1 aromatic carbocycles. The molecule has 3 aromatic rings. The lowest BCUT2D eigenvalue weighted by molar-refractivity contribution is -0.124. The van der Waals surface area contributed by atoms with E-state index in [1.807, 2.05) is 37.3 Å². The van der Waals surface area contributed by atoms with Crippen molar-refractivity contribution in [3.05, 3.63) is 69.8 Å². The summed E-state index contributed by atoms with van der Waals surface area (Å²) in [4.78, 5) is 34.6. The average molecular weight is 437 g/mol. The number of carbonyl (C=O) groups is 1. The van der Waals surface area contributed by atoms with E-state index in [4.69, 9.17) is 5.73 Å². The fourth-order valence-corrected chi connectivity index (χ4v) is 4.65. The Morgan fingerprint density at radius 3 is 2.84 bits per heavy atom. The summed E-state index contributed by atoms with van der Waals surface area (Å²) in [5, 5.41) is 6.75. The molecule has 3 heterocycles. The molecule has 1 amide bonds. The topological polar surface area (TPSA) is 115 Å². The summed E-state index contributed by atoms with van der Waals surface area (Å²) in [5.41, 5.74) is 8.96. The third-order valence-electron chi connectivity index (χ3n) is 5.29. The minimum absolute atomic E-state index is 0.212. The van der Waals surface area contributed by atoms with E-state index >= 15 is 0 Å². The zero-order chi connectivity index (χ0) is 22.0. The first-order valence-electron chi connectivity index (χ1n) is 10.1. The number of carbonyl (C=O) groups excluding carboxylic acids is 1. The van der Waals surface area contributed by atoms with Gasteiger partial charge in [0.05, 0.1) is 11.2 Å². The van der Waals surface area contributed by atoms with Gasteiger partial charge in [-0.3, -0.25) is 14.2 Å². The van der Waals surface area contributed by atoms with E-state index in [9.17, 15) is 9.59 Å². The number of para-hydroxylation sites is 1. The predicted octanol–water partition coefficient (Wildman–Crippen LogP) is 2.80. The van der Waals surface area contributed by atoms with Gasteiger partial charge in [0.1, 0.15) is 11.9 Å². The maximum atomic E-state index is 13.2. The van der Waals surface area contributed by atoms with E-state index in [1.165, 1.54) is 16.3 Å². The highest BCUT2D eigenvalue weighted by molar-refractivity contribution is 7.99. The fourth-order valence-electron chi connectivity index (χ4n) is 3.55. The van der Waals surface area contributed by atoms with Crippen molar-refractivity contribution in [3.8, 4) is 0 Å². The molecule has 0 spiro atoms. The molecule has 4 rings (SSSR count). The minimum Gasteiger partial charge on any atom is -0.384 e. The number of nitrogens with two attached hydrogens (primary N) is 1. The second-order valence-corrected chi connectivity index (χ2v) is 8.32. The highest BCUT2D eigenvalue weighted by atomic mass is 32.2. The molecule has 0 fully saturated rings. The molecule has 1 aliphatic rings. The maximum absolute atomic E-state index is 13.2. The molecule has 1 aliphatic heterocycles. The van der Waals surface area contributed by atoms with Gasteiger partial charge in [0, 0.05) is 23.7 Å². The molecule has 2 aromatic heterocycles. The van der Waals surface area contributed by atoms with E-state index in [-0.39, 0.29) is 17.3 Å². The van der Waals surface area contributed by atoms with Crippen molar-refractivity contribution < 1.29 is 4.79 Å². The highest BCUT2D eigenvalue weighted by Gasteiger charge is 2.31. The monoisotopic (exact) mass is 436 g/mol. The second kappa shape index (κ2) is 8.81. The lowest BCUT2D eigenvalue weighted by Gasteiger charge is -2.16. The van der Waals surface area contributed by atoms with Gasteiger partial charge < -0.3 is 16.4 Å². The van der Waals surface area contributed by atoms with Gasteiger partial charge in [-0.25, -0.2) is 9.97 Å². The number of nitrogens with one attached hydrogen (secondary N) is 2.